The fourth-order valence-corrected chi connectivity index (χ4v) is 1.60. The number of rotatable bonds is 9. The minimum atomic E-state index is 0.204. The molecule has 0 radical (unpaired) electrons. The van der Waals surface area contributed by atoms with E-state index in [0.29, 0.717) is 18.5 Å². The maximum atomic E-state index is 11.6. The summed E-state index contributed by atoms with van der Waals surface area (Å²) in [5.41, 5.74) is 0. The SMILES string of the molecule is CC(C)COCCCNCC(=O)N(C)C1CC1. The maximum Gasteiger partial charge on any atom is 0.236 e. The summed E-state index contributed by atoms with van der Waals surface area (Å²) in [7, 11) is 1.90. The first-order valence-corrected chi connectivity index (χ1v) is 6.65. The minimum Gasteiger partial charge on any atom is -0.381 e. The van der Waals surface area contributed by atoms with Gasteiger partial charge in [0.25, 0.3) is 0 Å². The van der Waals surface area contributed by atoms with Crippen LogP contribution in [0.5, 0.6) is 0 Å². The molecule has 1 aliphatic rings. The summed E-state index contributed by atoms with van der Waals surface area (Å²) in [6, 6.07) is 0.513. The molecule has 0 aromatic heterocycles. The van der Waals surface area contributed by atoms with Crippen molar-refractivity contribution in [1.82, 2.24) is 10.2 Å². The number of likely N-dealkylation sites (N-methyl/N-ethyl adjacent to an activating group) is 1. The predicted molar refractivity (Wildman–Crippen MR) is 68.9 cm³/mol. The van der Waals surface area contributed by atoms with Crippen LogP contribution in [-0.4, -0.2) is 50.2 Å². The normalized spacial score (nSPS) is 15.3. The zero-order valence-corrected chi connectivity index (χ0v) is 11.4. The molecule has 0 atom stereocenters. The first kappa shape index (κ1) is 14.5. The van der Waals surface area contributed by atoms with E-state index in [2.05, 4.69) is 19.2 Å². The molecule has 1 aliphatic carbocycles. The van der Waals surface area contributed by atoms with Crippen LogP contribution in [0.4, 0.5) is 0 Å². The van der Waals surface area contributed by atoms with Crippen LogP contribution >= 0.6 is 0 Å². The third-order valence-corrected chi connectivity index (χ3v) is 2.86. The van der Waals surface area contributed by atoms with E-state index in [9.17, 15) is 4.79 Å². The quantitative estimate of drug-likeness (QED) is 0.619. The monoisotopic (exact) mass is 242 g/mol. The van der Waals surface area contributed by atoms with Crippen LogP contribution in [0.3, 0.4) is 0 Å². The van der Waals surface area contributed by atoms with Crippen LogP contribution in [0, 0.1) is 5.92 Å². The number of hydrogen-bond donors (Lipinski definition) is 1. The first-order valence-electron chi connectivity index (χ1n) is 6.65. The van der Waals surface area contributed by atoms with Crippen LogP contribution in [0.15, 0.2) is 0 Å². The van der Waals surface area contributed by atoms with Gasteiger partial charge in [0, 0.05) is 26.3 Å². The van der Waals surface area contributed by atoms with E-state index in [1.165, 1.54) is 12.8 Å². The van der Waals surface area contributed by atoms with E-state index in [1.54, 1.807) is 0 Å². The Morgan fingerprint density at radius 2 is 2.18 bits per heavy atom. The van der Waals surface area contributed by atoms with Gasteiger partial charge in [-0.15, -0.1) is 0 Å². The molecule has 1 N–H and O–H groups in total. The van der Waals surface area contributed by atoms with Crippen LogP contribution in [-0.2, 0) is 9.53 Å². The second-order valence-corrected chi connectivity index (χ2v) is 5.23. The smallest absolute Gasteiger partial charge is 0.236 e. The number of amides is 1. The van der Waals surface area contributed by atoms with Crippen molar-refractivity contribution in [2.75, 3.05) is 33.4 Å². The number of hydrogen-bond acceptors (Lipinski definition) is 3. The average Bonchev–Trinajstić information content (AvgIpc) is 3.09. The molecule has 0 aliphatic heterocycles. The van der Waals surface area contributed by atoms with E-state index >= 15 is 0 Å². The molecule has 4 nitrogen and oxygen atoms in total. The van der Waals surface area contributed by atoms with Crippen LogP contribution < -0.4 is 5.32 Å². The molecule has 1 saturated carbocycles. The number of carbonyl (C=O) groups is 1. The molecule has 0 unspecified atom stereocenters. The number of nitrogens with one attached hydrogen (secondary N) is 1. The van der Waals surface area contributed by atoms with Crippen LogP contribution in [0.1, 0.15) is 33.1 Å². The van der Waals surface area contributed by atoms with Gasteiger partial charge < -0.3 is 15.0 Å². The molecule has 1 fully saturated rings. The molecule has 0 aromatic carbocycles. The van der Waals surface area contributed by atoms with Gasteiger partial charge in [0.2, 0.25) is 5.91 Å². The van der Waals surface area contributed by atoms with E-state index in [4.69, 9.17) is 4.74 Å². The van der Waals surface area contributed by atoms with E-state index in [-0.39, 0.29) is 5.91 Å². The third kappa shape index (κ3) is 6.64. The highest BCUT2D eigenvalue weighted by Gasteiger charge is 2.28. The molecule has 0 heterocycles. The minimum absolute atomic E-state index is 0.204. The fourth-order valence-electron chi connectivity index (χ4n) is 1.60. The van der Waals surface area contributed by atoms with Crippen molar-refractivity contribution in [3.05, 3.63) is 0 Å². The Morgan fingerprint density at radius 3 is 2.76 bits per heavy atom. The van der Waals surface area contributed by atoms with Gasteiger partial charge in [-0.25, -0.2) is 0 Å². The Morgan fingerprint density at radius 1 is 1.47 bits per heavy atom. The van der Waals surface area contributed by atoms with Crippen molar-refractivity contribution in [1.29, 1.82) is 0 Å². The predicted octanol–water partition coefficient (Wildman–Crippen LogP) is 1.26. The largest absolute Gasteiger partial charge is 0.381 e. The molecule has 0 spiro atoms. The van der Waals surface area contributed by atoms with Crippen molar-refractivity contribution >= 4 is 5.91 Å². The highest BCUT2D eigenvalue weighted by atomic mass is 16.5. The van der Waals surface area contributed by atoms with Gasteiger partial charge >= 0.3 is 0 Å². The summed E-state index contributed by atoms with van der Waals surface area (Å²) >= 11 is 0. The number of carbonyl (C=O) groups excluding carboxylic acids is 1. The standard InChI is InChI=1S/C13H26N2O2/c1-11(2)10-17-8-4-7-14-9-13(16)15(3)12-5-6-12/h11-12,14H,4-10H2,1-3H3. The molecule has 0 bridgehead atoms. The maximum absolute atomic E-state index is 11.6. The van der Waals surface area contributed by atoms with E-state index in [0.717, 1.165) is 26.2 Å². The summed E-state index contributed by atoms with van der Waals surface area (Å²) in [6.45, 7) is 7.19. The molecule has 17 heavy (non-hydrogen) atoms. The second-order valence-electron chi connectivity index (χ2n) is 5.23. The zero-order chi connectivity index (χ0) is 12.7. The number of nitrogens with zero attached hydrogens (tertiary/aromatic N) is 1. The molecule has 4 heteroatoms. The van der Waals surface area contributed by atoms with Gasteiger partial charge in [-0.1, -0.05) is 13.8 Å². The lowest BCUT2D eigenvalue weighted by atomic mass is 10.2. The summed E-state index contributed by atoms with van der Waals surface area (Å²) in [5, 5.41) is 3.17. The lowest BCUT2D eigenvalue weighted by Gasteiger charge is -2.16. The zero-order valence-electron chi connectivity index (χ0n) is 11.4. The van der Waals surface area contributed by atoms with Gasteiger partial charge in [0.05, 0.1) is 6.54 Å². The highest BCUT2D eigenvalue weighted by molar-refractivity contribution is 5.78. The Hall–Kier alpha value is -0.610. The Bertz CT molecular complexity index is 227. The molecule has 0 saturated heterocycles. The van der Waals surface area contributed by atoms with Crippen LogP contribution in [0.2, 0.25) is 0 Å². The van der Waals surface area contributed by atoms with Gasteiger partial charge in [-0.05, 0) is 31.7 Å². The van der Waals surface area contributed by atoms with E-state index < -0.39 is 0 Å². The molecule has 1 rings (SSSR count). The molecular weight excluding hydrogens is 216 g/mol. The van der Waals surface area contributed by atoms with Gasteiger partial charge in [-0.2, -0.15) is 0 Å². The Labute approximate surface area is 105 Å². The van der Waals surface area contributed by atoms with Crippen molar-refractivity contribution in [2.45, 2.75) is 39.2 Å². The van der Waals surface area contributed by atoms with Gasteiger partial charge in [0.1, 0.15) is 0 Å². The first-order chi connectivity index (χ1) is 8.11. The topological polar surface area (TPSA) is 41.6 Å². The molecule has 0 aromatic rings. The lowest BCUT2D eigenvalue weighted by Crippen LogP contribution is -2.37. The van der Waals surface area contributed by atoms with Crippen molar-refractivity contribution in [2.24, 2.45) is 5.92 Å². The third-order valence-electron chi connectivity index (χ3n) is 2.86. The van der Waals surface area contributed by atoms with E-state index in [1.807, 2.05) is 11.9 Å². The summed E-state index contributed by atoms with van der Waals surface area (Å²) in [6.07, 6.45) is 3.31. The highest BCUT2D eigenvalue weighted by Crippen LogP contribution is 2.24. The molecule has 1 amide bonds. The summed E-state index contributed by atoms with van der Waals surface area (Å²) in [5.74, 6) is 0.798. The summed E-state index contributed by atoms with van der Waals surface area (Å²) in [4.78, 5) is 13.5. The Kier molecular flexibility index (Phi) is 6.52. The average molecular weight is 242 g/mol. The summed E-state index contributed by atoms with van der Waals surface area (Å²) < 4.78 is 5.46. The van der Waals surface area contributed by atoms with Crippen molar-refractivity contribution < 1.29 is 9.53 Å². The van der Waals surface area contributed by atoms with Crippen LogP contribution in [0.25, 0.3) is 0 Å². The second kappa shape index (κ2) is 7.67. The fraction of sp³-hybridized carbons (Fsp3) is 0.923. The van der Waals surface area contributed by atoms with Gasteiger partial charge in [0.15, 0.2) is 0 Å². The Balaban J connectivity index is 1.88. The van der Waals surface area contributed by atoms with Gasteiger partial charge in [-0.3, -0.25) is 4.79 Å². The number of ether oxygens (including phenoxy) is 1. The van der Waals surface area contributed by atoms with Crippen molar-refractivity contribution in [3.8, 4) is 0 Å². The molecular formula is C13H26N2O2. The molecule has 100 valence electrons. The lowest BCUT2D eigenvalue weighted by molar-refractivity contribution is -0.129. The van der Waals surface area contributed by atoms with Crippen molar-refractivity contribution in [3.63, 3.8) is 0 Å².